The quantitative estimate of drug-likeness (QED) is 0.642. The first kappa shape index (κ1) is 21.9. The van der Waals surface area contributed by atoms with Crippen LogP contribution in [0.1, 0.15) is 27.4 Å². The molecule has 9 nitrogen and oxygen atoms in total. The molecule has 30 heavy (non-hydrogen) atoms. The number of anilines is 1. The Balaban J connectivity index is 1.98. The third kappa shape index (κ3) is 4.35. The van der Waals surface area contributed by atoms with Gasteiger partial charge in [-0.25, -0.2) is 22.7 Å². The van der Waals surface area contributed by atoms with Gasteiger partial charge in [0.25, 0.3) is 11.9 Å². The van der Waals surface area contributed by atoms with Crippen LogP contribution in [0, 0.1) is 20.8 Å². The van der Waals surface area contributed by atoms with E-state index in [0.29, 0.717) is 17.5 Å². The number of hydrogen-bond acceptors (Lipinski definition) is 6. The lowest BCUT2D eigenvalue weighted by Gasteiger charge is -2.14. The second-order valence-electron chi connectivity index (χ2n) is 6.92. The van der Waals surface area contributed by atoms with Gasteiger partial charge in [0, 0.05) is 37.1 Å². The van der Waals surface area contributed by atoms with Crippen LogP contribution in [-0.4, -0.2) is 52.5 Å². The number of rotatable bonds is 5. The average Bonchev–Trinajstić information content (AvgIpc) is 3.01. The Morgan fingerprint density at radius 1 is 1.03 bits per heavy atom. The Bertz CT molecular complexity index is 1220. The van der Waals surface area contributed by atoms with Crippen LogP contribution in [0.25, 0.3) is 5.95 Å². The summed E-state index contributed by atoms with van der Waals surface area (Å²) in [5, 5.41) is 7.13. The molecule has 0 aliphatic heterocycles. The average molecular weight is 449 g/mol. The van der Waals surface area contributed by atoms with E-state index in [-0.39, 0.29) is 15.5 Å². The van der Waals surface area contributed by atoms with Crippen molar-refractivity contribution in [2.75, 3.05) is 19.4 Å². The highest BCUT2D eigenvalue weighted by Gasteiger charge is 2.23. The van der Waals surface area contributed by atoms with E-state index >= 15 is 0 Å². The predicted molar refractivity (Wildman–Crippen MR) is 114 cm³/mol. The number of hydrogen-bond donors (Lipinski definition) is 1. The molecule has 3 rings (SSSR count). The van der Waals surface area contributed by atoms with Gasteiger partial charge in [0.05, 0.1) is 10.7 Å². The SMILES string of the molecule is Cc1cc(C)nc(-n2nc(C)cc2NC(=O)c2ccc(Cl)c(S(=O)(=O)N(C)C)c2)n1. The van der Waals surface area contributed by atoms with Crippen LogP contribution >= 0.6 is 11.6 Å². The van der Waals surface area contributed by atoms with E-state index in [4.69, 9.17) is 11.6 Å². The summed E-state index contributed by atoms with van der Waals surface area (Å²) in [5.74, 6) is 0.157. The van der Waals surface area contributed by atoms with Crippen molar-refractivity contribution in [3.05, 3.63) is 58.0 Å². The third-order valence-corrected chi connectivity index (χ3v) is 6.48. The fraction of sp³-hybridized carbons (Fsp3) is 0.263. The molecule has 2 heterocycles. The van der Waals surface area contributed by atoms with Crippen LogP contribution in [0.3, 0.4) is 0 Å². The van der Waals surface area contributed by atoms with Crippen LogP contribution in [0.5, 0.6) is 0 Å². The van der Waals surface area contributed by atoms with Crippen molar-refractivity contribution in [3.63, 3.8) is 0 Å². The molecule has 11 heteroatoms. The molecular weight excluding hydrogens is 428 g/mol. The van der Waals surface area contributed by atoms with Gasteiger partial charge in [0.1, 0.15) is 10.7 Å². The lowest BCUT2D eigenvalue weighted by Crippen LogP contribution is -2.23. The minimum Gasteiger partial charge on any atom is -0.306 e. The largest absolute Gasteiger partial charge is 0.306 e. The Morgan fingerprint density at radius 2 is 1.67 bits per heavy atom. The molecule has 158 valence electrons. The molecule has 0 aliphatic rings. The molecule has 3 aromatic rings. The highest BCUT2D eigenvalue weighted by Crippen LogP contribution is 2.25. The maximum atomic E-state index is 12.9. The van der Waals surface area contributed by atoms with E-state index in [1.165, 1.54) is 37.0 Å². The second kappa shape index (κ2) is 8.13. The number of carbonyl (C=O) groups excluding carboxylic acids is 1. The van der Waals surface area contributed by atoms with Crippen molar-refractivity contribution in [2.45, 2.75) is 25.7 Å². The number of amides is 1. The van der Waals surface area contributed by atoms with Crippen LogP contribution in [0.2, 0.25) is 5.02 Å². The first-order valence-electron chi connectivity index (χ1n) is 8.92. The molecule has 0 saturated carbocycles. The van der Waals surface area contributed by atoms with Gasteiger partial charge in [0.15, 0.2) is 0 Å². The van der Waals surface area contributed by atoms with E-state index in [1.54, 1.807) is 13.0 Å². The number of aromatic nitrogens is 4. The van der Waals surface area contributed by atoms with Gasteiger partial charge in [-0.3, -0.25) is 4.79 Å². The van der Waals surface area contributed by atoms with E-state index in [9.17, 15) is 13.2 Å². The van der Waals surface area contributed by atoms with Crippen molar-refractivity contribution in [1.29, 1.82) is 0 Å². The van der Waals surface area contributed by atoms with Crippen molar-refractivity contribution >= 4 is 33.3 Å². The molecule has 0 spiro atoms. The molecule has 0 radical (unpaired) electrons. The zero-order valence-corrected chi connectivity index (χ0v) is 18.7. The van der Waals surface area contributed by atoms with Gasteiger partial charge >= 0.3 is 0 Å². The smallest absolute Gasteiger partial charge is 0.256 e. The van der Waals surface area contributed by atoms with Gasteiger partial charge in [-0.2, -0.15) is 9.78 Å². The molecule has 1 N–H and O–H groups in total. The fourth-order valence-electron chi connectivity index (χ4n) is 2.77. The van der Waals surface area contributed by atoms with Gasteiger partial charge < -0.3 is 5.32 Å². The topological polar surface area (TPSA) is 110 Å². The number of sulfonamides is 1. The van der Waals surface area contributed by atoms with Crippen LogP contribution in [0.15, 0.2) is 35.2 Å². The van der Waals surface area contributed by atoms with Crippen LogP contribution < -0.4 is 5.32 Å². The maximum Gasteiger partial charge on any atom is 0.256 e. The highest BCUT2D eigenvalue weighted by atomic mass is 35.5. The lowest BCUT2D eigenvalue weighted by atomic mass is 10.2. The number of nitrogens with zero attached hydrogens (tertiary/aromatic N) is 5. The molecule has 1 aromatic carbocycles. The summed E-state index contributed by atoms with van der Waals surface area (Å²) < 4.78 is 27.4. The minimum atomic E-state index is -3.81. The summed E-state index contributed by atoms with van der Waals surface area (Å²) in [4.78, 5) is 21.5. The Labute approximate surface area is 179 Å². The maximum absolute atomic E-state index is 12.9. The zero-order chi connectivity index (χ0) is 22.2. The molecule has 2 aromatic heterocycles. The number of carbonyl (C=O) groups is 1. The third-order valence-electron chi connectivity index (χ3n) is 4.19. The fourth-order valence-corrected chi connectivity index (χ4v) is 4.16. The molecular formula is C19H21ClN6O3S. The van der Waals surface area contributed by atoms with Crippen molar-refractivity contribution in [3.8, 4) is 5.95 Å². The number of halogens is 1. The molecule has 0 unspecified atom stereocenters. The Hall–Kier alpha value is -2.82. The molecule has 0 fully saturated rings. The zero-order valence-electron chi connectivity index (χ0n) is 17.1. The van der Waals surface area contributed by atoms with Gasteiger partial charge in [-0.05, 0) is 45.0 Å². The van der Waals surface area contributed by atoms with Crippen molar-refractivity contribution < 1.29 is 13.2 Å². The van der Waals surface area contributed by atoms with E-state index in [0.717, 1.165) is 15.7 Å². The lowest BCUT2D eigenvalue weighted by molar-refractivity contribution is 0.102. The van der Waals surface area contributed by atoms with Gasteiger partial charge in [0.2, 0.25) is 10.0 Å². The van der Waals surface area contributed by atoms with E-state index in [2.05, 4.69) is 20.4 Å². The van der Waals surface area contributed by atoms with Crippen LogP contribution in [0.4, 0.5) is 5.82 Å². The first-order chi connectivity index (χ1) is 14.0. The Kier molecular flexibility index (Phi) is 5.93. The molecule has 0 saturated heterocycles. The second-order valence-corrected chi connectivity index (χ2v) is 9.45. The summed E-state index contributed by atoms with van der Waals surface area (Å²) in [6.45, 7) is 5.46. The number of benzene rings is 1. The predicted octanol–water partition coefficient (Wildman–Crippen LogP) is 2.74. The molecule has 0 atom stereocenters. The Morgan fingerprint density at radius 3 is 2.27 bits per heavy atom. The first-order valence-corrected chi connectivity index (χ1v) is 10.7. The van der Waals surface area contributed by atoms with E-state index < -0.39 is 15.9 Å². The summed E-state index contributed by atoms with van der Waals surface area (Å²) in [6, 6.07) is 7.58. The minimum absolute atomic E-state index is 0.0322. The normalized spacial score (nSPS) is 11.7. The monoisotopic (exact) mass is 448 g/mol. The number of aryl methyl sites for hydroxylation is 3. The standard InChI is InChI=1S/C19H21ClN6O3S/c1-11-8-12(2)22-19(21-11)26-17(9-13(3)24-26)23-18(27)14-6-7-15(20)16(10-14)30(28,29)25(4)5/h6-10H,1-5H3,(H,23,27). The van der Waals surface area contributed by atoms with Crippen LogP contribution in [-0.2, 0) is 10.0 Å². The van der Waals surface area contributed by atoms with Gasteiger partial charge in [-0.1, -0.05) is 11.6 Å². The molecule has 0 aliphatic carbocycles. The van der Waals surface area contributed by atoms with E-state index in [1.807, 2.05) is 19.9 Å². The van der Waals surface area contributed by atoms with Crippen molar-refractivity contribution in [2.24, 2.45) is 0 Å². The highest BCUT2D eigenvalue weighted by molar-refractivity contribution is 7.89. The van der Waals surface area contributed by atoms with Gasteiger partial charge in [-0.15, -0.1) is 0 Å². The summed E-state index contributed by atoms with van der Waals surface area (Å²) in [6.07, 6.45) is 0. The summed E-state index contributed by atoms with van der Waals surface area (Å²) in [7, 11) is -1.02. The number of nitrogens with one attached hydrogen (secondary N) is 1. The summed E-state index contributed by atoms with van der Waals surface area (Å²) in [5.41, 5.74) is 2.31. The summed E-state index contributed by atoms with van der Waals surface area (Å²) >= 11 is 6.06. The molecule has 1 amide bonds. The molecule has 0 bridgehead atoms. The van der Waals surface area contributed by atoms with Crippen molar-refractivity contribution in [1.82, 2.24) is 24.1 Å².